The molecule has 0 radical (unpaired) electrons. The molecule has 1 saturated heterocycles. The van der Waals surface area contributed by atoms with E-state index in [1.807, 2.05) is 12.1 Å². The highest BCUT2D eigenvalue weighted by atomic mass is 16.2. The van der Waals surface area contributed by atoms with Gasteiger partial charge in [0.25, 0.3) is 11.8 Å². The Hall–Kier alpha value is -1.68. The molecule has 2 aliphatic rings. The second-order valence-corrected chi connectivity index (χ2v) is 6.98. The molecule has 0 bridgehead atoms. The van der Waals surface area contributed by atoms with Crippen LogP contribution in [0.3, 0.4) is 0 Å². The topological polar surface area (TPSA) is 40.6 Å². The summed E-state index contributed by atoms with van der Waals surface area (Å²) in [4.78, 5) is 28.5. The Morgan fingerprint density at radius 1 is 0.708 bits per heavy atom. The van der Waals surface area contributed by atoms with E-state index in [-0.39, 0.29) is 11.8 Å². The van der Waals surface area contributed by atoms with Crippen LogP contribution in [0.4, 0.5) is 0 Å². The molecule has 0 aromatic heterocycles. The van der Waals surface area contributed by atoms with Gasteiger partial charge in [0.2, 0.25) is 0 Å². The number of hydrogen-bond donors (Lipinski definition) is 0. The van der Waals surface area contributed by atoms with Crippen LogP contribution in [-0.2, 0) is 0 Å². The lowest BCUT2D eigenvalue weighted by atomic mass is 10.1. The Balaban J connectivity index is 1.27. The normalized spacial score (nSPS) is 17.8. The molecule has 130 valence electrons. The summed E-state index contributed by atoms with van der Waals surface area (Å²) in [5.74, 6) is -0.248. The third-order valence-electron chi connectivity index (χ3n) is 5.18. The molecule has 0 N–H and O–H groups in total. The van der Waals surface area contributed by atoms with Crippen molar-refractivity contribution in [3.05, 3.63) is 35.4 Å². The molecule has 2 heterocycles. The van der Waals surface area contributed by atoms with Gasteiger partial charge in [0.05, 0.1) is 11.1 Å². The maximum Gasteiger partial charge on any atom is 0.261 e. The highest BCUT2D eigenvalue weighted by Crippen LogP contribution is 2.23. The van der Waals surface area contributed by atoms with Crippen molar-refractivity contribution in [3.63, 3.8) is 0 Å². The summed E-state index contributed by atoms with van der Waals surface area (Å²) in [6.45, 7) is 4.40. The molecule has 4 nitrogen and oxygen atoms in total. The molecule has 2 aliphatic heterocycles. The number of carbonyl (C=O) groups excluding carboxylic acids is 2. The number of nitrogens with zero attached hydrogens (tertiary/aromatic N) is 2. The van der Waals surface area contributed by atoms with Crippen molar-refractivity contribution in [3.8, 4) is 0 Å². The molecule has 0 unspecified atom stereocenters. The Kier molecular flexibility index (Phi) is 6.02. The van der Waals surface area contributed by atoms with E-state index in [0.29, 0.717) is 17.7 Å². The Bertz CT molecular complexity index is 544. The largest absolute Gasteiger partial charge is 0.303 e. The molecule has 4 heteroatoms. The lowest BCUT2D eigenvalue weighted by Gasteiger charge is -2.14. The summed E-state index contributed by atoms with van der Waals surface area (Å²) < 4.78 is 0. The molecule has 1 aromatic carbocycles. The highest BCUT2D eigenvalue weighted by molar-refractivity contribution is 6.21. The van der Waals surface area contributed by atoms with Crippen molar-refractivity contribution in [2.75, 3.05) is 26.2 Å². The molecular weight excluding hydrogens is 300 g/mol. The van der Waals surface area contributed by atoms with E-state index in [4.69, 9.17) is 0 Å². The molecule has 0 spiro atoms. The first kappa shape index (κ1) is 17.2. The van der Waals surface area contributed by atoms with Crippen LogP contribution in [0.1, 0.15) is 72.1 Å². The first-order valence-electron chi connectivity index (χ1n) is 9.45. The molecule has 3 rings (SSSR count). The predicted molar refractivity (Wildman–Crippen MR) is 95.2 cm³/mol. The molecule has 1 fully saturated rings. The van der Waals surface area contributed by atoms with Gasteiger partial charge in [-0.3, -0.25) is 14.5 Å². The summed E-state index contributed by atoms with van der Waals surface area (Å²) in [5, 5.41) is 0. The van der Waals surface area contributed by atoms with Gasteiger partial charge in [-0.2, -0.15) is 0 Å². The van der Waals surface area contributed by atoms with Crippen LogP contribution in [-0.4, -0.2) is 47.8 Å². The monoisotopic (exact) mass is 328 g/mol. The van der Waals surface area contributed by atoms with E-state index in [9.17, 15) is 9.59 Å². The summed E-state index contributed by atoms with van der Waals surface area (Å²) in [5.41, 5.74) is 1.12. The molecule has 24 heavy (non-hydrogen) atoms. The lowest BCUT2D eigenvalue weighted by Crippen LogP contribution is -2.30. The van der Waals surface area contributed by atoms with Gasteiger partial charge in [0, 0.05) is 6.54 Å². The van der Waals surface area contributed by atoms with Gasteiger partial charge in [-0.15, -0.1) is 0 Å². The Morgan fingerprint density at radius 2 is 1.21 bits per heavy atom. The van der Waals surface area contributed by atoms with Gasteiger partial charge in [-0.25, -0.2) is 0 Å². The fourth-order valence-electron chi connectivity index (χ4n) is 3.76. The number of benzene rings is 1. The molecule has 0 aliphatic carbocycles. The van der Waals surface area contributed by atoms with Crippen molar-refractivity contribution < 1.29 is 9.59 Å². The zero-order chi connectivity index (χ0) is 16.8. The lowest BCUT2D eigenvalue weighted by molar-refractivity contribution is 0.0651. The van der Waals surface area contributed by atoms with Gasteiger partial charge in [0.15, 0.2) is 0 Å². The minimum absolute atomic E-state index is 0.124. The number of carbonyl (C=O) groups is 2. The first-order valence-corrected chi connectivity index (χ1v) is 9.45. The zero-order valence-electron chi connectivity index (χ0n) is 14.5. The van der Waals surface area contributed by atoms with E-state index in [1.54, 1.807) is 12.1 Å². The van der Waals surface area contributed by atoms with Crippen LogP contribution in [0, 0.1) is 0 Å². The van der Waals surface area contributed by atoms with Crippen LogP contribution in [0.2, 0.25) is 0 Å². The molecule has 2 amide bonds. The number of likely N-dealkylation sites (tertiary alicyclic amines) is 1. The molecular formula is C20H28N2O2. The van der Waals surface area contributed by atoms with Crippen LogP contribution < -0.4 is 0 Å². The number of fused-ring (bicyclic) bond motifs is 1. The van der Waals surface area contributed by atoms with Crippen molar-refractivity contribution >= 4 is 11.8 Å². The zero-order valence-corrected chi connectivity index (χ0v) is 14.5. The summed E-state index contributed by atoms with van der Waals surface area (Å²) in [7, 11) is 0. The van der Waals surface area contributed by atoms with Gasteiger partial charge in [-0.1, -0.05) is 37.8 Å². The number of rotatable bonds is 9. The van der Waals surface area contributed by atoms with E-state index >= 15 is 0 Å². The van der Waals surface area contributed by atoms with E-state index in [1.165, 1.54) is 63.1 Å². The fraction of sp³-hybridized carbons (Fsp3) is 0.600. The van der Waals surface area contributed by atoms with Crippen LogP contribution in [0.15, 0.2) is 24.3 Å². The summed E-state index contributed by atoms with van der Waals surface area (Å²) in [6, 6.07) is 7.12. The Morgan fingerprint density at radius 3 is 1.79 bits per heavy atom. The quantitative estimate of drug-likeness (QED) is 0.512. The van der Waals surface area contributed by atoms with Crippen molar-refractivity contribution in [1.82, 2.24) is 9.80 Å². The average molecular weight is 328 g/mol. The minimum Gasteiger partial charge on any atom is -0.303 e. The van der Waals surface area contributed by atoms with Gasteiger partial charge < -0.3 is 4.90 Å². The predicted octanol–water partition coefficient (Wildman–Crippen LogP) is 3.72. The van der Waals surface area contributed by atoms with E-state index in [0.717, 1.165) is 12.8 Å². The highest BCUT2D eigenvalue weighted by Gasteiger charge is 2.34. The fourth-order valence-corrected chi connectivity index (χ4v) is 3.76. The minimum atomic E-state index is -0.124. The third-order valence-corrected chi connectivity index (χ3v) is 5.18. The smallest absolute Gasteiger partial charge is 0.261 e. The standard InChI is InChI=1S/C20H28N2O2/c23-19-17-11-5-6-12-18(17)20(24)22(19)16-8-4-2-1-3-7-13-21-14-9-10-15-21/h5-6,11-12H,1-4,7-10,13-16H2. The van der Waals surface area contributed by atoms with Gasteiger partial charge in [-0.05, 0) is 57.5 Å². The number of amides is 2. The number of unbranched alkanes of at least 4 members (excludes halogenated alkanes) is 5. The summed E-state index contributed by atoms with van der Waals surface area (Å²) >= 11 is 0. The SMILES string of the molecule is O=C1c2ccccc2C(=O)N1CCCCCCCCN1CCCC1. The first-order chi connectivity index (χ1) is 11.8. The van der Waals surface area contributed by atoms with Crippen LogP contribution >= 0.6 is 0 Å². The molecule has 0 saturated carbocycles. The summed E-state index contributed by atoms with van der Waals surface area (Å²) in [6.07, 6.45) is 9.81. The number of hydrogen-bond acceptors (Lipinski definition) is 3. The average Bonchev–Trinajstić information content (AvgIpc) is 3.20. The van der Waals surface area contributed by atoms with Crippen LogP contribution in [0.25, 0.3) is 0 Å². The van der Waals surface area contributed by atoms with E-state index in [2.05, 4.69) is 4.90 Å². The van der Waals surface area contributed by atoms with Crippen molar-refractivity contribution in [2.24, 2.45) is 0 Å². The Labute approximate surface area is 144 Å². The van der Waals surface area contributed by atoms with Crippen molar-refractivity contribution in [2.45, 2.75) is 51.4 Å². The maximum absolute atomic E-state index is 12.2. The maximum atomic E-state index is 12.2. The second-order valence-electron chi connectivity index (χ2n) is 6.98. The van der Waals surface area contributed by atoms with Crippen LogP contribution in [0.5, 0.6) is 0 Å². The van der Waals surface area contributed by atoms with E-state index < -0.39 is 0 Å². The second kappa shape index (κ2) is 8.43. The number of imide groups is 1. The van der Waals surface area contributed by atoms with Gasteiger partial charge >= 0.3 is 0 Å². The molecule has 0 atom stereocenters. The van der Waals surface area contributed by atoms with Crippen molar-refractivity contribution in [1.29, 1.82) is 0 Å². The molecule has 1 aromatic rings. The van der Waals surface area contributed by atoms with Gasteiger partial charge in [0.1, 0.15) is 0 Å². The third kappa shape index (κ3) is 4.04.